The number of hydrogen-bond acceptors (Lipinski definition) is 4. The zero-order chi connectivity index (χ0) is 24.3. The summed E-state index contributed by atoms with van der Waals surface area (Å²) < 4.78 is 15.0. The highest BCUT2D eigenvalue weighted by Gasteiger charge is 2.33. The molecule has 0 bridgehead atoms. The smallest absolute Gasteiger partial charge is 0.185 e. The molecule has 1 aliphatic rings. The van der Waals surface area contributed by atoms with Crippen LogP contribution in [0.4, 0.5) is 0 Å². The minimum atomic E-state index is -1.69. The van der Waals surface area contributed by atoms with Crippen LogP contribution in [0.1, 0.15) is 61.2 Å². The summed E-state index contributed by atoms with van der Waals surface area (Å²) in [7, 11) is -1.69. The molecule has 0 unspecified atom stereocenters. The number of ether oxygens (including phenoxy) is 1. The summed E-state index contributed by atoms with van der Waals surface area (Å²) in [5.74, 6) is 0. The van der Waals surface area contributed by atoms with Crippen molar-refractivity contribution in [1.82, 2.24) is 14.4 Å². The van der Waals surface area contributed by atoms with Gasteiger partial charge < -0.3 is 13.6 Å². The van der Waals surface area contributed by atoms with Crippen molar-refractivity contribution < 1.29 is 9.16 Å². The van der Waals surface area contributed by atoms with Gasteiger partial charge in [-0.25, -0.2) is 4.98 Å². The Balaban J connectivity index is 1.52. The molecule has 6 heteroatoms. The van der Waals surface area contributed by atoms with E-state index in [9.17, 15) is 0 Å². The number of aryl methyl sites for hydroxylation is 1. The lowest BCUT2D eigenvalue weighted by molar-refractivity contribution is 0.0424. The zero-order valence-corrected chi connectivity index (χ0v) is 22.1. The van der Waals surface area contributed by atoms with Crippen molar-refractivity contribution in [2.45, 2.75) is 65.1 Å². The van der Waals surface area contributed by atoms with Crippen molar-refractivity contribution in [1.29, 1.82) is 0 Å². The van der Waals surface area contributed by atoms with Gasteiger partial charge in [-0.15, -0.1) is 0 Å². The van der Waals surface area contributed by atoms with Gasteiger partial charge in [-0.3, -0.25) is 4.98 Å². The SMILES string of the molecule is Cc1nc2ccc(-c3ccc(C(C)(C)O[Si](C)(C)C)nc3)cn2c1[C@H]1O[C@@H](C)c2ccccc21. The Hall–Kier alpha value is -2.80. The summed E-state index contributed by atoms with van der Waals surface area (Å²) in [6.07, 6.45) is 4.03. The lowest BCUT2D eigenvalue weighted by Gasteiger charge is -2.32. The summed E-state index contributed by atoms with van der Waals surface area (Å²) >= 11 is 0. The summed E-state index contributed by atoms with van der Waals surface area (Å²) in [5, 5.41) is 0. The molecule has 0 saturated carbocycles. The van der Waals surface area contributed by atoms with Crippen LogP contribution in [0.25, 0.3) is 16.8 Å². The monoisotopic (exact) mass is 471 g/mol. The van der Waals surface area contributed by atoms with E-state index in [1.807, 2.05) is 6.20 Å². The first kappa shape index (κ1) is 23.0. The van der Waals surface area contributed by atoms with Crippen LogP contribution in [0.2, 0.25) is 19.6 Å². The largest absolute Gasteiger partial charge is 0.407 e. The maximum absolute atomic E-state index is 6.42. The van der Waals surface area contributed by atoms with Gasteiger partial charge in [-0.05, 0) is 76.7 Å². The third-order valence-corrected chi connectivity index (χ3v) is 7.54. The van der Waals surface area contributed by atoms with Gasteiger partial charge in [0.15, 0.2) is 8.32 Å². The Morgan fingerprint density at radius 1 is 0.971 bits per heavy atom. The van der Waals surface area contributed by atoms with Gasteiger partial charge in [0.1, 0.15) is 11.8 Å². The molecule has 0 fully saturated rings. The second kappa shape index (κ2) is 8.15. The van der Waals surface area contributed by atoms with Crippen molar-refractivity contribution in [3.8, 4) is 11.1 Å². The van der Waals surface area contributed by atoms with Crippen LogP contribution in [0.3, 0.4) is 0 Å². The maximum atomic E-state index is 6.42. The van der Waals surface area contributed by atoms with Gasteiger partial charge >= 0.3 is 0 Å². The molecule has 2 atom stereocenters. The van der Waals surface area contributed by atoms with Gasteiger partial charge in [0.05, 0.1) is 28.8 Å². The quantitative estimate of drug-likeness (QED) is 0.295. The number of hydrogen-bond donors (Lipinski definition) is 0. The molecule has 5 nitrogen and oxygen atoms in total. The first-order valence-electron chi connectivity index (χ1n) is 11.9. The van der Waals surface area contributed by atoms with E-state index in [1.54, 1.807) is 0 Å². The number of fused-ring (bicyclic) bond motifs is 2. The predicted molar refractivity (Wildman–Crippen MR) is 138 cm³/mol. The third-order valence-electron chi connectivity index (χ3n) is 6.42. The molecule has 4 heterocycles. The number of rotatable bonds is 5. The van der Waals surface area contributed by atoms with Crippen molar-refractivity contribution in [3.05, 3.63) is 89.1 Å². The van der Waals surface area contributed by atoms with Crippen LogP contribution in [0, 0.1) is 6.92 Å². The maximum Gasteiger partial charge on any atom is 0.185 e. The predicted octanol–water partition coefficient (Wildman–Crippen LogP) is 6.97. The topological polar surface area (TPSA) is 48.7 Å². The fraction of sp³-hybridized carbons (Fsp3) is 0.357. The minimum absolute atomic E-state index is 0.0628. The number of pyridine rings is 2. The molecule has 0 aliphatic carbocycles. The second-order valence-electron chi connectivity index (χ2n) is 10.7. The van der Waals surface area contributed by atoms with Gasteiger partial charge in [0.25, 0.3) is 0 Å². The van der Waals surface area contributed by atoms with Crippen LogP contribution in [0.5, 0.6) is 0 Å². The highest BCUT2D eigenvalue weighted by molar-refractivity contribution is 6.69. The Morgan fingerprint density at radius 3 is 2.35 bits per heavy atom. The molecular weight excluding hydrogens is 438 g/mol. The molecule has 3 aromatic heterocycles. The Morgan fingerprint density at radius 2 is 1.68 bits per heavy atom. The molecule has 0 radical (unpaired) electrons. The summed E-state index contributed by atoms with van der Waals surface area (Å²) in [6, 6.07) is 16.9. The van der Waals surface area contributed by atoms with E-state index in [0.717, 1.165) is 33.9 Å². The van der Waals surface area contributed by atoms with Crippen molar-refractivity contribution >= 4 is 14.0 Å². The Kier molecular flexibility index (Phi) is 5.51. The van der Waals surface area contributed by atoms with Gasteiger partial charge in [0, 0.05) is 23.5 Å². The molecule has 0 amide bonds. The van der Waals surface area contributed by atoms with Crippen LogP contribution in [0.15, 0.2) is 60.9 Å². The van der Waals surface area contributed by atoms with E-state index < -0.39 is 13.9 Å². The van der Waals surface area contributed by atoms with Crippen LogP contribution in [-0.4, -0.2) is 22.7 Å². The van der Waals surface area contributed by atoms with E-state index in [0.29, 0.717) is 0 Å². The average molecular weight is 472 g/mol. The highest BCUT2D eigenvalue weighted by Crippen LogP contribution is 2.43. The first-order valence-corrected chi connectivity index (χ1v) is 15.3. The van der Waals surface area contributed by atoms with Crippen molar-refractivity contribution in [2.75, 3.05) is 0 Å². The summed E-state index contributed by atoms with van der Waals surface area (Å²) in [4.78, 5) is 9.61. The fourth-order valence-corrected chi connectivity index (χ4v) is 6.72. The lowest BCUT2D eigenvalue weighted by atomic mass is 10.00. The first-order chi connectivity index (χ1) is 16.0. The molecular formula is C28H33N3O2Si. The van der Waals surface area contributed by atoms with Crippen LogP contribution in [-0.2, 0) is 14.8 Å². The second-order valence-corrected chi connectivity index (χ2v) is 15.1. The number of imidazole rings is 1. The van der Waals surface area contributed by atoms with Crippen molar-refractivity contribution in [3.63, 3.8) is 0 Å². The highest BCUT2D eigenvalue weighted by atomic mass is 28.4. The van der Waals surface area contributed by atoms with E-state index in [-0.39, 0.29) is 12.2 Å². The molecule has 4 aromatic rings. The van der Waals surface area contributed by atoms with E-state index in [4.69, 9.17) is 19.1 Å². The van der Waals surface area contributed by atoms with Crippen LogP contribution < -0.4 is 0 Å². The van der Waals surface area contributed by atoms with E-state index in [2.05, 4.69) is 106 Å². The molecule has 0 spiro atoms. The Labute approximate surface area is 202 Å². The number of aromatic nitrogens is 3. The third kappa shape index (κ3) is 4.11. The van der Waals surface area contributed by atoms with Gasteiger partial charge in [-0.1, -0.05) is 30.3 Å². The van der Waals surface area contributed by atoms with E-state index in [1.165, 1.54) is 11.1 Å². The summed E-state index contributed by atoms with van der Waals surface area (Å²) in [6.45, 7) is 15.0. The molecule has 0 saturated heterocycles. The minimum Gasteiger partial charge on any atom is -0.407 e. The summed E-state index contributed by atoms with van der Waals surface area (Å²) in [5.41, 5.74) is 8.16. The molecule has 1 aromatic carbocycles. The lowest BCUT2D eigenvalue weighted by Crippen LogP contribution is -2.37. The molecule has 5 rings (SSSR count). The molecule has 176 valence electrons. The zero-order valence-electron chi connectivity index (χ0n) is 21.1. The Bertz CT molecular complexity index is 1350. The van der Waals surface area contributed by atoms with Crippen molar-refractivity contribution in [2.24, 2.45) is 0 Å². The normalized spacial score (nSPS) is 18.4. The molecule has 1 aliphatic heterocycles. The standard InChI is InChI=1S/C28H33N3O2Si/c1-18-26(27-23-11-9-8-10-22(23)19(2)32-27)31-17-21(13-15-25(31)30-18)20-12-14-24(29-16-20)28(3,4)33-34(5,6)7/h8-17,19,27H,1-7H3/t19-,27-/m0/s1. The fourth-order valence-electron chi connectivity index (χ4n) is 5.09. The average Bonchev–Trinajstić information content (AvgIpc) is 3.27. The molecule has 0 N–H and O–H groups in total. The number of nitrogens with zero attached hydrogens (tertiary/aromatic N) is 3. The number of benzene rings is 1. The van der Waals surface area contributed by atoms with Gasteiger partial charge in [0.2, 0.25) is 0 Å². The molecule has 34 heavy (non-hydrogen) atoms. The van der Waals surface area contributed by atoms with Crippen LogP contribution >= 0.6 is 0 Å². The van der Waals surface area contributed by atoms with E-state index >= 15 is 0 Å². The van der Waals surface area contributed by atoms with Gasteiger partial charge in [-0.2, -0.15) is 0 Å².